The van der Waals surface area contributed by atoms with Crippen LogP contribution in [0, 0.1) is 0 Å². The van der Waals surface area contributed by atoms with Gasteiger partial charge in [0, 0.05) is 30.1 Å². The fourth-order valence-corrected chi connectivity index (χ4v) is 3.09. The van der Waals surface area contributed by atoms with Crippen molar-refractivity contribution in [2.75, 3.05) is 11.9 Å². The van der Waals surface area contributed by atoms with Crippen LogP contribution in [0.4, 0.5) is 5.13 Å². The third-order valence-electron chi connectivity index (χ3n) is 3.76. The van der Waals surface area contributed by atoms with Crippen molar-refractivity contribution < 1.29 is 14.3 Å². The molecule has 0 aromatic carbocycles. The molecular formula is C20H23N3O3S. The van der Waals surface area contributed by atoms with E-state index >= 15 is 0 Å². The second kappa shape index (κ2) is 9.32. The van der Waals surface area contributed by atoms with Gasteiger partial charge in [0.25, 0.3) is 5.91 Å². The molecule has 1 aliphatic carbocycles. The number of carbonyl (C=O) groups is 1. The fourth-order valence-electron chi connectivity index (χ4n) is 2.57. The Hall–Kier alpha value is -2.67. The number of aromatic nitrogens is 2. The number of anilines is 1. The largest absolute Gasteiger partial charge is 0.477 e. The van der Waals surface area contributed by atoms with Crippen LogP contribution in [0.5, 0.6) is 11.8 Å². The Morgan fingerprint density at radius 3 is 2.85 bits per heavy atom. The van der Waals surface area contributed by atoms with E-state index in [2.05, 4.69) is 33.5 Å². The van der Waals surface area contributed by atoms with Gasteiger partial charge in [0.2, 0.25) is 11.8 Å². The minimum Gasteiger partial charge on any atom is -0.477 e. The van der Waals surface area contributed by atoms with Crippen LogP contribution in [0.3, 0.4) is 0 Å². The first-order valence-corrected chi connectivity index (χ1v) is 9.86. The van der Waals surface area contributed by atoms with Crippen LogP contribution in [-0.4, -0.2) is 28.6 Å². The van der Waals surface area contributed by atoms with Crippen molar-refractivity contribution in [2.24, 2.45) is 0 Å². The number of carbonyl (C=O) groups excluding carboxylic acids is 1. The van der Waals surface area contributed by atoms with Crippen LogP contribution < -0.4 is 14.8 Å². The summed E-state index contributed by atoms with van der Waals surface area (Å²) in [6, 6.07) is 3.24. The molecule has 0 atom stereocenters. The second-order valence-corrected chi connectivity index (χ2v) is 7.24. The molecule has 0 spiro atoms. The predicted octanol–water partition coefficient (Wildman–Crippen LogP) is 4.62. The smallest absolute Gasteiger partial charge is 0.257 e. The highest BCUT2D eigenvalue weighted by atomic mass is 32.1. The third kappa shape index (κ3) is 5.92. The molecule has 1 amide bonds. The number of hydrogen-bond donors (Lipinski definition) is 1. The summed E-state index contributed by atoms with van der Waals surface area (Å²) in [7, 11) is 0. The summed E-state index contributed by atoms with van der Waals surface area (Å²) in [5, 5.41) is 5.11. The van der Waals surface area contributed by atoms with E-state index in [1.54, 1.807) is 23.7 Å². The van der Waals surface area contributed by atoms with E-state index in [9.17, 15) is 4.79 Å². The zero-order chi connectivity index (χ0) is 19.1. The van der Waals surface area contributed by atoms with Gasteiger partial charge in [-0.3, -0.25) is 10.1 Å². The van der Waals surface area contributed by atoms with Gasteiger partial charge in [0.15, 0.2) is 5.13 Å². The van der Waals surface area contributed by atoms with Crippen molar-refractivity contribution in [3.05, 3.63) is 53.1 Å². The van der Waals surface area contributed by atoms with Crippen molar-refractivity contribution >= 4 is 22.4 Å². The average molecular weight is 385 g/mol. The van der Waals surface area contributed by atoms with Crippen LogP contribution in [-0.2, 0) is 0 Å². The van der Waals surface area contributed by atoms with Crippen LogP contribution >= 0.6 is 11.3 Å². The van der Waals surface area contributed by atoms with Crippen molar-refractivity contribution in [3.8, 4) is 11.8 Å². The summed E-state index contributed by atoms with van der Waals surface area (Å²) in [6.07, 6.45) is 11.1. The maximum atomic E-state index is 12.5. The highest BCUT2D eigenvalue weighted by Gasteiger charge is 2.14. The van der Waals surface area contributed by atoms with Gasteiger partial charge in [0.05, 0.1) is 18.3 Å². The van der Waals surface area contributed by atoms with E-state index in [0.717, 1.165) is 19.3 Å². The van der Waals surface area contributed by atoms with Gasteiger partial charge in [0.1, 0.15) is 0 Å². The summed E-state index contributed by atoms with van der Waals surface area (Å²) in [5.41, 5.74) is 1.68. The van der Waals surface area contributed by atoms with E-state index in [0.29, 0.717) is 29.1 Å². The van der Waals surface area contributed by atoms with Crippen molar-refractivity contribution in [1.29, 1.82) is 0 Å². The van der Waals surface area contributed by atoms with Crippen molar-refractivity contribution in [2.45, 2.75) is 39.2 Å². The lowest BCUT2D eigenvalue weighted by Gasteiger charge is -2.13. The van der Waals surface area contributed by atoms with Gasteiger partial charge < -0.3 is 9.47 Å². The molecule has 6 nitrogen and oxygen atoms in total. The summed E-state index contributed by atoms with van der Waals surface area (Å²) >= 11 is 1.36. The molecule has 2 aromatic rings. The number of amides is 1. The molecule has 142 valence electrons. The van der Waals surface area contributed by atoms with Gasteiger partial charge in [-0.25, -0.2) is 4.98 Å². The number of nitrogens with zero attached hydrogens (tertiary/aromatic N) is 2. The Labute approximate surface area is 163 Å². The first-order valence-electron chi connectivity index (χ1n) is 8.98. The number of ether oxygens (including phenoxy) is 2. The topological polar surface area (TPSA) is 73.3 Å². The van der Waals surface area contributed by atoms with E-state index in [-0.39, 0.29) is 12.0 Å². The normalized spacial score (nSPS) is 13.4. The third-order valence-corrected chi connectivity index (χ3v) is 4.45. The highest BCUT2D eigenvalue weighted by Crippen LogP contribution is 2.22. The lowest BCUT2D eigenvalue weighted by molar-refractivity contribution is 0.102. The van der Waals surface area contributed by atoms with Crippen LogP contribution in [0.1, 0.15) is 43.5 Å². The monoisotopic (exact) mass is 385 g/mol. The first-order chi connectivity index (χ1) is 13.1. The van der Waals surface area contributed by atoms with Gasteiger partial charge in [-0.05, 0) is 32.3 Å². The Balaban J connectivity index is 1.70. The Morgan fingerprint density at radius 1 is 1.30 bits per heavy atom. The summed E-state index contributed by atoms with van der Waals surface area (Å²) in [4.78, 5) is 21.0. The number of hydrogen-bond acceptors (Lipinski definition) is 6. The standard InChI is InChI=1S/C20H23N3O3S/c1-14(2)26-18-13-16(19(24)23-20-21-9-11-27-20)12-17(22-18)25-10-8-15-6-4-3-5-7-15/h4,6-7,9,11-14H,3,5,8,10H2,1-2H3,(H,21,23,24). The van der Waals surface area contributed by atoms with Gasteiger partial charge in [-0.15, -0.1) is 11.3 Å². The Kier molecular flexibility index (Phi) is 6.59. The maximum Gasteiger partial charge on any atom is 0.257 e. The lowest BCUT2D eigenvalue weighted by Crippen LogP contribution is -2.14. The predicted molar refractivity (Wildman–Crippen MR) is 107 cm³/mol. The van der Waals surface area contributed by atoms with E-state index < -0.39 is 0 Å². The lowest BCUT2D eigenvalue weighted by atomic mass is 10.1. The molecular weight excluding hydrogens is 362 g/mol. The van der Waals surface area contributed by atoms with E-state index in [1.165, 1.54) is 16.9 Å². The Morgan fingerprint density at radius 2 is 2.15 bits per heavy atom. The zero-order valence-corrected chi connectivity index (χ0v) is 16.3. The quantitative estimate of drug-likeness (QED) is 0.717. The molecule has 7 heteroatoms. The molecule has 1 N–H and O–H groups in total. The molecule has 27 heavy (non-hydrogen) atoms. The molecule has 0 radical (unpaired) electrons. The van der Waals surface area contributed by atoms with Gasteiger partial charge in [-0.1, -0.05) is 18.2 Å². The zero-order valence-electron chi connectivity index (χ0n) is 15.5. The van der Waals surface area contributed by atoms with Gasteiger partial charge >= 0.3 is 0 Å². The molecule has 0 fully saturated rings. The number of rotatable bonds is 8. The molecule has 0 saturated heterocycles. The number of nitrogens with one attached hydrogen (secondary N) is 1. The number of allylic oxidation sites excluding steroid dienone is 3. The Bertz CT molecular complexity index is 829. The average Bonchev–Trinajstić information content (AvgIpc) is 3.15. The maximum absolute atomic E-state index is 12.5. The SMILES string of the molecule is CC(C)Oc1cc(C(=O)Nc2nccs2)cc(OCCC2=CCCC=C2)n1. The molecule has 0 bridgehead atoms. The van der Waals surface area contributed by atoms with Crippen molar-refractivity contribution in [3.63, 3.8) is 0 Å². The van der Waals surface area contributed by atoms with Crippen molar-refractivity contribution in [1.82, 2.24) is 9.97 Å². The van der Waals surface area contributed by atoms with E-state index in [4.69, 9.17) is 9.47 Å². The summed E-state index contributed by atoms with van der Waals surface area (Å²) in [6.45, 7) is 4.31. The van der Waals surface area contributed by atoms with Gasteiger partial charge in [-0.2, -0.15) is 4.98 Å². The molecule has 2 aromatic heterocycles. The van der Waals surface area contributed by atoms with E-state index in [1.807, 2.05) is 13.8 Å². The number of pyridine rings is 1. The second-order valence-electron chi connectivity index (χ2n) is 6.35. The minimum absolute atomic E-state index is 0.0554. The minimum atomic E-state index is -0.274. The highest BCUT2D eigenvalue weighted by molar-refractivity contribution is 7.13. The molecule has 1 aliphatic rings. The van der Waals surface area contributed by atoms with Crippen LogP contribution in [0.15, 0.2) is 47.5 Å². The van der Waals surface area contributed by atoms with Crippen LogP contribution in [0.25, 0.3) is 0 Å². The fraction of sp³-hybridized carbons (Fsp3) is 0.350. The molecule has 0 unspecified atom stereocenters. The summed E-state index contributed by atoms with van der Waals surface area (Å²) < 4.78 is 11.5. The number of thiazole rings is 1. The molecule has 0 aliphatic heterocycles. The van der Waals surface area contributed by atoms with Crippen LogP contribution in [0.2, 0.25) is 0 Å². The first kappa shape index (κ1) is 19.1. The molecule has 3 rings (SSSR count). The molecule has 2 heterocycles. The summed E-state index contributed by atoms with van der Waals surface area (Å²) in [5.74, 6) is 0.463. The molecule has 0 saturated carbocycles.